The lowest BCUT2D eigenvalue weighted by Gasteiger charge is -2.16. The van der Waals surface area contributed by atoms with E-state index < -0.39 is 0 Å². The molecule has 0 aliphatic heterocycles. The lowest BCUT2D eigenvalue weighted by molar-refractivity contribution is -0.120. The van der Waals surface area contributed by atoms with E-state index in [4.69, 9.17) is 11.6 Å². The number of amides is 1. The van der Waals surface area contributed by atoms with Crippen molar-refractivity contribution >= 4 is 39.1 Å². The van der Waals surface area contributed by atoms with Crippen molar-refractivity contribution in [2.45, 2.75) is 20.8 Å². The van der Waals surface area contributed by atoms with E-state index in [1.54, 1.807) is 12.1 Å². The summed E-state index contributed by atoms with van der Waals surface area (Å²) in [7, 11) is 0. The van der Waals surface area contributed by atoms with Crippen LogP contribution in [0.4, 0.5) is 5.69 Å². The summed E-state index contributed by atoms with van der Waals surface area (Å²) in [6.45, 7) is 5.95. The largest absolute Gasteiger partial charge is 0.324 e. The Balaban J connectivity index is 2.80. The van der Waals surface area contributed by atoms with Gasteiger partial charge in [-0.2, -0.15) is 0 Å². The molecule has 0 aliphatic rings. The van der Waals surface area contributed by atoms with Crippen LogP contribution >= 0.6 is 27.5 Å². The number of halogens is 2. The molecule has 0 fully saturated rings. The van der Waals surface area contributed by atoms with Gasteiger partial charge in [-0.05, 0) is 24.1 Å². The number of carbonyl (C=O) groups excluding carboxylic acids is 1. The standard InChI is InChI=1S/C12H15BrClNO/c1-7(2)8(3)12(16)15-11-6-9(13)4-5-10(11)14/h4-8H,1-3H3,(H,15,16). The van der Waals surface area contributed by atoms with Crippen molar-refractivity contribution in [2.24, 2.45) is 11.8 Å². The molecule has 2 nitrogen and oxygen atoms in total. The lowest BCUT2D eigenvalue weighted by atomic mass is 9.97. The van der Waals surface area contributed by atoms with Gasteiger partial charge < -0.3 is 5.32 Å². The summed E-state index contributed by atoms with van der Waals surface area (Å²) in [6.07, 6.45) is 0. The van der Waals surface area contributed by atoms with Crippen LogP contribution < -0.4 is 5.32 Å². The van der Waals surface area contributed by atoms with E-state index in [-0.39, 0.29) is 11.8 Å². The summed E-state index contributed by atoms with van der Waals surface area (Å²) in [5, 5.41) is 3.38. The average Bonchev–Trinajstić information content (AvgIpc) is 2.22. The van der Waals surface area contributed by atoms with Gasteiger partial charge in [0.15, 0.2) is 0 Å². The smallest absolute Gasteiger partial charge is 0.227 e. The number of rotatable bonds is 3. The maximum Gasteiger partial charge on any atom is 0.227 e. The first kappa shape index (κ1) is 13.5. The van der Waals surface area contributed by atoms with Gasteiger partial charge in [-0.25, -0.2) is 0 Å². The van der Waals surface area contributed by atoms with Crippen molar-refractivity contribution in [1.82, 2.24) is 0 Å². The molecule has 0 bridgehead atoms. The van der Waals surface area contributed by atoms with E-state index in [1.807, 2.05) is 26.8 Å². The van der Waals surface area contributed by atoms with E-state index >= 15 is 0 Å². The predicted molar refractivity (Wildman–Crippen MR) is 71.8 cm³/mol. The fourth-order valence-electron chi connectivity index (χ4n) is 1.14. The summed E-state index contributed by atoms with van der Waals surface area (Å²) < 4.78 is 0.893. The van der Waals surface area contributed by atoms with Gasteiger partial charge in [0, 0.05) is 10.4 Å². The van der Waals surface area contributed by atoms with Gasteiger partial charge in [-0.3, -0.25) is 4.79 Å². The first-order chi connectivity index (χ1) is 7.41. The summed E-state index contributed by atoms with van der Waals surface area (Å²) in [4.78, 5) is 11.8. The molecular formula is C12H15BrClNO. The second kappa shape index (κ2) is 5.69. The number of nitrogens with one attached hydrogen (secondary N) is 1. The van der Waals surface area contributed by atoms with Gasteiger partial charge in [0.1, 0.15) is 0 Å². The Hall–Kier alpha value is -0.540. The molecule has 1 aromatic carbocycles. The monoisotopic (exact) mass is 303 g/mol. The molecule has 0 heterocycles. The van der Waals surface area contributed by atoms with E-state index in [0.717, 1.165) is 4.47 Å². The number of hydrogen-bond donors (Lipinski definition) is 1. The number of hydrogen-bond acceptors (Lipinski definition) is 1. The highest BCUT2D eigenvalue weighted by Crippen LogP contribution is 2.26. The third-order valence-corrected chi connectivity index (χ3v) is 3.42. The van der Waals surface area contributed by atoms with E-state index in [2.05, 4.69) is 21.2 Å². The molecular weight excluding hydrogens is 289 g/mol. The van der Waals surface area contributed by atoms with Crippen LogP contribution in [0.5, 0.6) is 0 Å². The average molecular weight is 305 g/mol. The topological polar surface area (TPSA) is 29.1 Å². The molecule has 1 N–H and O–H groups in total. The van der Waals surface area contributed by atoms with Crippen molar-refractivity contribution in [3.05, 3.63) is 27.7 Å². The van der Waals surface area contributed by atoms with Gasteiger partial charge >= 0.3 is 0 Å². The van der Waals surface area contributed by atoms with Crippen molar-refractivity contribution in [1.29, 1.82) is 0 Å². The molecule has 0 saturated heterocycles. The molecule has 1 atom stereocenters. The van der Waals surface area contributed by atoms with E-state index in [0.29, 0.717) is 16.6 Å². The molecule has 16 heavy (non-hydrogen) atoms. The Morgan fingerprint density at radius 2 is 2.00 bits per heavy atom. The van der Waals surface area contributed by atoms with Crippen molar-refractivity contribution in [3.63, 3.8) is 0 Å². The molecule has 0 saturated carbocycles. The molecule has 1 unspecified atom stereocenters. The number of anilines is 1. The molecule has 88 valence electrons. The maximum atomic E-state index is 11.8. The normalized spacial score (nSPS) is 12.6. The zero-order valence-corrected chi connectivity index (χ0v) is 11.9. The summed E-state index contributed by atoms with van der Waals surface area (Å²) in [5.41, 5.74) is 0.647. The van der Waals surface area contributed by atoms with Gasteiger partial charge in [-0.15, -0.1) is 0 Å². The van der Waals surface area contributed by atoms with Crippen LogP contribution in [0.3, 0.4) is 0 Å². The minimum Gasteiger partial charge on any atom is -0.324 e. The molecule has 1 rings (SSSR count). The molecule has 0 aliphatic carbocycles. The predicted octanol–water partition coefficient (Wildman–Crippen LogP) is 4.33. The SMILES string of the molecule is CC(C)C(C)C(=O)Nc1cc(Br)ccc1Cl. The highest BCUT2D eigenvalue weighted by Gasteiger charge is 2.17. The van der Waals surface area contributed by atoms with Crippen molar-refractivity contribution < 1.29 is 4.79 Å². The van der Waals surface area contributed by atoms with Crippen LogP contribution in [0.2, 0.25) is 5.02 Å². The van der Waals surface area contributed by atoms with Crippen LogP contribution in [0.15, 0.2) is 22.7 Å². The van der Waals surface area contributed by atoms with Crippen molar-refractivity contribution in [3.8, 4) is 0 Å². The van der Waals surface area contributed by atoms with Crippen LogP contribution in [0.25, 0.3) is 0 Å². The van der Waals surface area contributed by atoms with E-state index in [1.165, 1.54) is 0 Å². The summed E-state index contributed by atoms with van der Waals surface area (Å²) in [6, 6.07) is 5.39. The van der Waals surface area contributed by atoms with Crippen molar-refractivity contribution in [2.75, 3.05) is 5.32 Å². The summed E-state index contributed by atoms with van der Waals surface area (Å²) >= 11 is 9.33. The Morgan fingerprint density at radius 3 is 2.56 bits per heavy atom. The zero-order valence-electron chi connectivity index (χ0n) is 9.55. The second-order valence-electron chi connectivity index (χ2n) is 4.15. The minimum atomic E-state index is -0.0324. The number of benzene rings is 1. The molecule has 1 aromatic rings. The Labute approximate surface area is 110 Å². The maximum absolute atomic E-state index is 11.8. The third-order valence-electron chi connectivity index (χ3n) is 2.60. The Morgan fingerprint density at radius 1 is 1.38 bits per heavy atom. The zero-order chi connectivity index (χ0) is 12.3. The molecule has 4 heteroatoms. The van der Waals surface area contributed by atoms with Gasteiger partial charge in [-0.1, -0.05) is 48.3 Å². The highest BCUT2D eigenvalue weighted by atomic mass is 79.9. The van der Waals surface area contributed by atoms with Crippen LogP contribution in [0.1, 0.15) is 20.8 Å². The molecule has 0 spiro atoms. The number of carbonyl (C=O) groups is 1. The Bertz CT molecular complexity index is 393. The first-order valence-corrected chi connectivity index (χ1v) is 6.35. The molecule has 1 amide bonds. The van der Waals surface area contributed by atoms with Crippen LogP contribution in [-0.4, -0.2) is 5.91 Å². The van der Waals surface area contributed by atoms with Gasteiger partial charge in [0.2, 0.25) is 5.91 Å². The molecule has 0 radical (unpaired) electrons. The fraction of sp³-hybridized carbons (Fsp3) is 0.417. The lowest BCUT2D eigenvalue weighted by Crippen LogP contribution is -2.24. The van der Waals surface area contributed by atoms with E-state index in [9.17, 15) is 4.79 Å². The Kier molecular flexibility index (Phi) is 4.81. The first-order valence-electron chi connectivity index (χ1n) is 5.17. The summed E-state index contributed by atoms with van der Waals surface area (Å²) in [5.74, 6) is 0.274. The van der Waals surface area contributed by atoms with Crippen LogP contribution in [0, 0.1) is 11.8 Å². The fourth-order valence-corrected chi connectivity index (χ4v) is 1.67. The quantitative estimate of drug-likeness (QED) is 0.884. The minimum absolute atomic E-state index is 0.00463. The molecule has 0 aromatic heterocycles. The van der Waals surface area contributed by atoms with Gasteiger partial charge in [0.05, 0.1) is 10.7 Å². The van der Waals surface area contributed by atoms with Crippen LogP contribution in [-0.2, 0) is 4.79 Å². The second-order valence-corrected chi connectivity index (χ2v) is 5.47. The van der Waals surface area contributed by atoms with Gasteiger partial charge in [0.25, 0.3) is 0 Å². The highest BCUT2D eigenvalue weighted by molar-refractivity contribution is 9.10. The third kappa shape index (κ3) is 3.49.